The zero-order chi connectivity index (χ0) is 13.2. The number of anilines is 1. The second-order valence-electron chi connectivity index (χ2n) is 4.73. The third-order valence-corrected chi connectivity index (χ3v) is 3.37. The van der Waals surface area contributed by atoms with Gasteiger partial charge in [0, 0.05) is 11.7 Å². The van der Waals surface area contributed by atoms with Crippen LogP contribution in [-0.4, -0.2) is 16.9 Å². The van der Waals surface area contributed by atoms with Gasteiger partial charge >= 0.3 is 0 Å². The Balaban J connectivity index is 1.79. The molecule has 3 rings (SSSR count). The second-order valence-corrected chi connectivity index (χ2v) is 4.73. The van der Waals surface area contributed by atoms with E-state index in [1.54, 1.807) is 6.07 Å². The Kier molecular flexibility index (Phi) is 2.95. The van der Waals surface area contributed by atoms with Gasteiger partial charge in [0.1, 0.15) is 6.26 Å². The van der Waals surface area contributed by atoms with Gasteiger partial charge in [0.05, 0.1) is 5.56 Å². The Hall–Kier alpha value is -2.30. The van der Waals surface area contributed by atoms with Gasteiger partial charge in [0.2, 0.25) is 5.89 Å². The number of oxazole rings is 1. The van der Waals surface area contributed by atoms with Crippen molar-refractivity contribution in [1.29, 1.82) is 0 Å². The summed E-state index contributed by atoms with van der Waals surface area (Å²) in [5.41, 5.74) is 7.42. The summed E-state index contributed by atoms with van der Waals surface area (Å²) in [7, 11) is 0. The Labute approximate surface area is 110 Å². The van der Waals surface area contributed by atoms with Gasteiger partial charge in [-0.2, -0.15) is 0 Å². The highest BCUT2D eigenvalue weighted by Crippen LogP contribution is 2.25. The zero-order valence-corrected chi connectivity index (χ0v) is 10.4. The van der Waals surface area contributed by atoms with Crippen molar-refractivity contribution < 1.29 is 9.21 Å². The molecule has 0 aliphatic heterocycles. The van der Waals surface area contributed by atoms with Gasteiger partial charge < -0.3 is 15.5 Å². The molecule has 5 heteroatoms. The molecule has 3 N–H and O–H groups in total. The summed E-state index contributed by atoms with van der Waals surface area (Å²) in [5.74, 6) is 0.186. The maximum atomic E-state index is 11.9. The molecule has 5 nitrogen and oxygen atoms in total. The number of para-hydroxylation sites is 1. The van der Waals surface area contributed by atoms with E-state index in [0.717, 1.165) is 12.8 Å². The minimum absolute atomic E-state index is 0.186. The molecule has 0 unspecified atom stereocenters. The smallest absolute Gasteiger partial charge is 0.273 e. The molecule has 1 aromatic heterocycles. The van der Waals surface area contributed by atoms with Crippen LogP contribution in [0.1, 0.15) is 29.8 Å². The molecule has 1 aliphatic carbocycles. The number of carbonyl (C=O) groups is 1. The van der Waals surface area contributed by atoms with E-state index in [4.69, 9.17) is 10.2 Å². The number of nitrogen functional groups attached to an aromatic ring is 1. The lowest BCUT2D eigenvalue weighted by Crippen LogP contribution is -2.39. The highest BCUT2D eigenvalue weighted by atomic mass is 16.3. The Morgan fingerprint density at radius 2 is 2.16 bits per heavy atom. The highest BCUT2D eigenvalue weighted by molar-refractivity contribution is 5.92. The minimum Gasteiger partial charge on any atom is -0.444 e. The quantitative estimate of drug-likeness (QED) is 0.826. The van der Waals surface area contributed by atoms with Crippen molar-refractivity contribution in [3.8, 4) is 11.5 Å². The average Bonchev–Trinajstić information content (AvgIpc) is 2.83. The van der Waals surface area contributed by atoms with E-state index >= 15 is 0 Å². The number of aromatic nitrogens is 1. The molecule has 0 spiro atoms. The maximum absolute atomic E-state index is 11.9. The first kappa shape index (κ1) is 11.8. The fourth-order valence-corrected chi connectivity index (χ4v) is 2.01. The van der Waals surface area contributed by atoms with Gasteiger partial charge in [-0.25, -0.2) is 4.98 Å². The van der Waals surface area contributed by atoms with Crippen molar-refractivity contribution >= 4 is 11.6 Å². The predicted octanol–water partition coefficient (Wildman–Crippen LogP) is 2.21. The zero-order valence-electron chi connectivity index (χ0n) is 10.4. The van der Waals surface area contributed by atoms with Crippen molar-refractivity contribution in [2.24, 2.45) is 0 Å². The molecule has 1 aromatic carbocycles. The Bertz CT molecular complexity index is 602. The molecule has 0 radical (unpaired) electrons. The standard InChI is InChI=1S/C14H15N3O2/c15-11-7-2-1-6-10(11)14-17-12(8-19-14)13(18)16-9-4-3-5-9/h1-2,6-9H,3-5,15H2,(H,16,18). The molecule has 0 saturated heterocycles. The number of hydrogen-bond donors (Lipinski definition) is 2. The number of benzene rings is 1. The summed E-state index contributed by atoms with van der Waals surface area (Å²) in [6.45, 7) is 0. The molecule has 1 fully saturated rings. The number of hydrogen-bond acceptors (Lipinski definition) is 4. The molecule has 1 saturated carbocycles. The van der Waals surface area contributed by atoms with Gasteiger partial charge in [-0.3, -0.25) is 4.79 Å². The van der Waals surface area contributed by atoms with Crippen LogP contribution in [0, 0.1) is 0 Å². The van der Waals surface area contributed by atoms with Crippen LogP contribution in [0.5, 0.6) is 0 Å². The molecule has 19 heavy (non-hydrogen) atoms. The van der Waals surface area contributed by atoms with Crippen molar-refractivity contribution in [2.75, 3.05) is 5.73 Å². The van der Waals surface area contributed by atoms with Gasteiger partial charge in [-0.15, -0.1) is 0 Å². The van der Waals surface area contributed by atoms with Gasteiger partial charge in [0.15, 0.2) is 5.69 Å². The number of amides is 1. The van der Waals surface area contributed by atoms with Gasteiger partial charge in [0.25, 0.3) is 5.91 Å². The van der Waals surface area contributed by atoms with E-state index in [-0.39, 0.29) is 11.9 Å². The third-order valence-electron chi connectivity index (χ3n) is 3.37. The number of rotatable bonds is 3. The van der Waals surface area contributed by atoms with Crippen LogP contribution in [-0.2, 0) is 0 Å². The molecule has 98 valence electrons. The van der Waals surface area contributed by atoms with Crippen LogP contribution in [0.4, 0.5) is 5.69 Å². The van der Waals surface area contributed by atoms with Crippen LogP contribution in [0.2, 0.25) is 0 Å². The molecule has 2 aromatic rings. The van der Waals surface area contributed by atoms with E-state index in [1.165, 1.54) is 12.7 Å². The summed E-state index contributed by atoms with van der Waals surface area (Å²) in [4.78, 5) is 16.1. The summed E-state index contributed by atoms with van der Waals surface area (Å²) >= 11 is 0. The van der Waals surface area contributed by atoms with Crippen LogP contribution in [0.3, 0.4) is 0 Å². The Morgan fingerprint density at radius 3 is 2.84 bits per heavy atom. The average molecular weight is 257 g/mol. The van der Waals surface area contributed by atoms with Crippen molar-refractivity contribution in [2.45, 2.75) is 25.3 Å². The lowest BCUT2D eigenvalue weighted by atomic mass is 9.93. The fraction of sp³-hybridized carbons (Fsp3) is 0.286. The molecule has 1 heterocycles. The van der Waals surface area contributed by atoms with Crippen LogP contribution in [0.15, 0.2) is 34.9 Å². The Morgan fingerprint density at radius 1 is 1.37 bits per heavy atom. The van der Waals surface area contributed by atoms with Crippen molar-refractivity contribution in [1.82, 2.24) is 10.3 Å². The summed E-state index contributed by atoms with van der Waals surface area (Å²) in [6, 6.07) is 7.56. The normalized spacial score (nSPS) is 14.9. The lowest BCUT2D eigenvalue weighted by Gasteiger charge is -2.25. The molecule has 0 atom stereocenters. The molecule has 0 bridgehead atoms. The summed E-state index contributed by atoms with van der Waals surface area (Å²) < 4.78 is 5.33. The monoisotopic (exact) mass is 257 g/mol. The summed E-state index contributed by atoms with van der Waals surface area (Å²) in [5, 5.41) is 2.92. The minimum atomic E-state index is -0.186. The lowest BCUT2D eigenvalue weighted by molar-refractivity contribution is 0.0912. The molecule has 1 amide bonds. The first-order valence-electron chi connectivity index (χ1n) is 6.35. The summed E-state index contributed by atoms with van der Waals surface area (Å²) in [6.07, 6.45) is 4.63. The first-order chi connectivity index (χ1) is 9.24. The third kappa shape index (κ3) is 2.31. The molecule has 1 aliphatic rings. The number of nitrogens with zero attached hydrogens (tertiary/aromatic N) is 1. The highest BCUT2D eigenvalue weighted by Gasteiger charge is 2.22. The van der Waals surface area contributed by atoms with E-state index in [0.29, 0.717) is 22.8 Å². The van der Waals surface area contributed by atoms with Crippen LogP contribution >= 0.6 is 0 Å². The predicted molar refractivity (Wildman–Crippen MR) is 71.5 cm³/mol. The SMILES string of the molecule is Nc1ccccc1-c1nc(C(=O)NC2CCC2)co1. The number of nitrogens with two attached hydrogens (primary N) is 1. The first-order valence-corrected chi connectivity index (χ1v) is 6.35. The van der Waals surface area contributed by atoms with E-state index in [9.17, 15) is 4.79 Å². The van der Waals surface area contributed by atoms with Crippen molar-refractivity contribution in [3.05, 3.63) is 36.2 Å². The van der Waals surface area contributed by atoms with Crippen LogP contribution < -0.4 is 11.1 Å². The fourth-order valence-electron chi connectivity index (χ4n) is 2.01. The number of nitrogens with one attached hydrogen (secondary N) is 1. The maximum Gasteiger partial charge on any atom is 0.273 e. The van der Waals surface area contributed by atoms with Gasteiger partial charge in [-0.05, 0) is 31.4 Å². The largest absolute Gasteiger partial charge is 0.444 e. The van der Waals surface area contributed by atoms with E-state index in [2.05, 4.69) is 10.3 Å². The topological polar surface area (TPSA) is 81.1 Å². The van der Waals surface area contributed by atoms with Gasteiger partial charge in [-0.1, -0.05) is 12.1 Å². The van der Waals surface area contributed by atoms with Crippen LogP contribution in [0.25, 0.3) is 11.5 Å². The number of carbonyl (C=O) groups excluding carboxylic acids is 1. The van der Waals surface area contributed by atoms with E-state index in [1.807, 2.05) is 18.2 Å². The molecular formula is C14H15N3O2. The second kappa shape index (κ2) is 4.76. The molecular weight excluding hydrogens is 242 g/mol. The van der Waals surface area contributed by atoms with Crippen molar-refractivity contribution in [3.63, 3.8) is 0 Å². The van der Waals surface area contributed by atoms with E-state index < -0.39 is 0 Å².